The van der Waals surface area contributed by atoms with Crippen molar-refractivity contribution < 1.29 is 9.53 Å². The van der Waals surface area contributed by atoms with E-state index < -0.39 is 0 Å². The number of hydrogen-bond donors (Lipinski definition) is 0. The fourth-order valence-electron chi connectivity index (χ4n) is 2.42. The molecule has 0 N–H and O–H groups in total. The van der Waals surface area contributed by atoms with Crippen molar-refractivity contribution in [3.63, 3.8) is 0 Å². The second-order valence-electron chi connectivity index (χ2n) is 4.74. The van der Waals surface area contributed by atoms with Gasteiger partial charge in [0.25, 0.3) is 5.56 Å². The van der Waals surface area contributed by atoms with Crippen LogP contribution in [0.15, 0.2) is 53.3 Å². The molecule has 0 radical (unpaired) electrons. The quantitative estimate of drug-likeness (QED) is 0.549. The van der Waals surface area contributed by atoms with Crippen LogP contribution in [-0.4, -0.2) is 18.0 Å². The van der Waals surface area contributed by atoms with Crippen molar-refractivity contribution >= 4 is 28.7 Å². The van der Waals surface area contributed by atoms with E-state index in [9.17, 15) is 9.59 Å². The number of aldehydes is 1. The van der Waals surface area contributed by atoms with Gasteiger partial charge in [-0.3, -0.25) is 14.2 Å². The molecule has 0 spiro atoms. The minimum absolute atomic E-state index is 0.231. The summed E-state index contributed by atoms with van der Waals surface area (Å²) >= 11 is 6.26. The second-order valence-corrected chi connectivity index (χ2v) is 5.13. The molecule has 0 aliphatic heterocycles. The third kappa shape index (κ3) is 2.27. The minimum Gasteiger partial charge on any atom is -0.496 e. The number of carbonyl (C=O) groups excluding carboxylic acids is 1. The van der Waals surface area contributed by atoms with E-state index >= 15 is 0 Å². The summed E-state index contributed by atoms with van der Waals surface area (Å²) in [5.41, 5.74) is 0.643. The van der Waals surface area contributed by atoms with Gasteiger partial charge in [-0.15, -0.1) is 0 Å². The Morgan fingerprint density at radius 2 is 1.91 bits per heavy atom. The van der Waals surface area contributed by atoms with E-state index in [0.717, 1.165) is 5.39 Å². The van der Waals surface area contributed by atoms with Crippen LogP contribution >= 0.6 is 11.6 Å². The van der Waals surface area contributed by atoms with Crippen molar-refractivity contribution in [1.29, 1.82) is 0 Å². The van der Waals surface area contributed by atoms with Crippen LogP contribution in [0.1, 0.15) is 10.4 Å². The van der Waals surface area contributed by atoms with Crippen LogP contribution in [0.5, 0.6) is 5.75 Å². The first-order chi connectivity index (χ1) is 10.7. The molecule has 0 amide bonds. The number of nitrogens with zero attached hydrogens (tertiary/aromatic N) is 1. The Morgan fingerprint density at radius 1 is 1.14 bits per heavy atom. The molecule has 0 fully saturated rings. The number of carbonyl (C=O) groups is 1. The molecule has 110 valence electrons. The van der Waals surface area contributed by atoms with Crippen molar-refractivity contribution in [2.24, 2.45) is 0 Å². The number of aromatic nitrogens is 1. The number of ether oxygens (including phenoxy) is 1. The van der Waals surface area contributed by atoms with Crippen LogP contribution in [0.25, 0.3) is 16.5 Å². The predicted octanol–water partition coefficient (Wildman–Crippen LogP) is 3.47. The molecule has 3 aromatic rings. The average molecular weight is 314 g/mol. The molecule has 0 unspecified atom stereocenters. The number of benzene rings is 2. The Bertz CT molecular complexity index is 931. The highest BCUT2D eigenvalue weighted by atomic mass is 35.5. The topological polar surface area (TPSA) is 48.3 Å². The second kappa shape index (κ2) is 5.66. The van der Waals surface area contributed by atoms with E-state index in [1.54, 1.807) is 36.4 Å². The van der Waals surface area contributed by atoms with Gasteiger partial charge >= 0.3 is 0 Å². The Balaban J connectivity index is 2.31. The summed E-state index contributed by atoms with van der Waals surface area (Å²) in [5.74, 6) is 0.448. The highest BCUT2D eigenvalue weighted by Crippen LogP contribution is 2.23. The van der Waals surface area contributed by atoms with Gasteiger partial charge in [-0.25, -0.2) is 0 Å². The number of methoxy groups -OCH3 is 1. The Hall–Kier alpha value is -2.59. The number of rotatable bonds is 3. The van der Waals surface area contributed by atoms with E-state index in [-0.39, 0.29) is 10.7 Å². The van der Waals surface area contributed by atoms with Gasteiger partial charge in [0.15, 0.2) is 6.29 Å². The highest BCUT2D eigenvalue weighted by Gasteiger charge is 2.11. The van der Waals surface area contributed by atoms with Crippen LogP contribution < -0.4 is 10.3 Å². The Labute approximate surface area is 131 Å². The van der Waals surface area contributed by atoms with Crippen molar-refractivity contribution in [3.05, 3.63) is 69.6 Å². The van der Waals surface area contributed by atoms with Crippen LogP contribution in [0.2, 0.25) is 5.15 Å². The van der Waals surface area contributed by atoms with Gasteiger partial charge in [-0.2, -0.15) is 0 Å². The summed E-state index contributed by atoms with van der Waals surface area (Å²) in [4.78, 5) is 23.8. The first-order valence-corrected chi connectivity index (χ1v) is 6.97. The number of fused-ring (bicyclic) bond motifs is 1. The van der Waals surface area contributed by atoms with Crippen LogP contribution in [0, 0.1) is 0 Å². The lowest BCUT2D eigenvalue weighted by Gasteiger charge is -2.12. The van der Waals surface area contributed by atoms with E-state index in [4.69, 9.17) is 16.3 Å². The maximum absolute atomic E-state index is 12.7. The lowest BCUT2D eigenvalue weighted by atomic mass is 10.1. The molecule has 2 aromatic carbocycles. The molecular formula is C17H12ClNO3. The fourth-order valence-corrected chi connectivity index (χ4v) is 2.71. The summed E-state index contributed by atoms with van der Waals surface area (Å²) in [6, 6.07) is 13.8. The normalized spacial score (nSPS) is 10.6. The number of halogens is 1. The zero-order valence-corrected chi connectivity index (χ0v) is 12.5. The van der Waals surface area contributed by atoms with Crippen LogP contribution in [0.4, 0.5) is 0 Å². The maximum Gasteiger partial charge on any atom is 0.264 e. The molecule has 1 aromatic heterocycles. The molecule has 0 atom stereocenters. The van der Waals surface area contributed by atoms with Gasteiger partial charge < -0.3 is 4.74 Å². The number of pyridine rings is 1. The van der Waals surface area contributed by atoms with E-state index in [0.29, 0.717) is 28.7 Å². The first-order valence-electron chi connectivity index (χ1n) is 6.59. The molecule has 0 aliphatic carbocycles. The third-order valence-electron chi connectivity index (χ3n) is 3.48. The van der Waals surface area contributed by atoms with E-state index in [2.05, 4.69) is 0 Å². The highest BCUT2D eigenvalue weighted by molar-refractivity contribution is 6.30. The summed E-state index contributed by atoms with van der Waals surface area (Å²) in [6.07, 6.45) is 0.683. The SMILES string of the molecule is COc1ccc(-n2c(Cl)cc3ccccc3c2=O)cc1C=O. The zero-order valence-electron chi connectivity index (χ0n) is 11.7. The lowest BCUT2D eigenvalue weighted by Crippen LogP contribution is -2.19. The van der Waals surface area contributed by atoms with Gasteiger partial charge in [-0.1, -0.05) is 29.8 Å². The summed E-state index contributed by atoms with van der Waals surface area (Å²) < 4.78 is 6.48. The summed E-state index contributed by atoms with van der Waals surface area (Å²) in [7, 11) is 1.48. The van der Waals surface area contributed by atoms with E-state index in [1.165, 1.54) is 11.7 Å². The van der Waals surface area contributed by atoms with Gasteiger partial charge in [-0.05, 0) is 35.7 Å². The fraction of sp³-hybridized carbons (Fsp3) is 0.0588. The lowest BCUT2D eigenvalue weighted by molar-refractivity contribution is 0.112. The van der Waals surface area contributed by atoms with Crippen molar-refractivity contribution in [1.82, 2.24) is 4.57 Å². The third-order valence-corrected chi connectivity index (χ3v) is 3.76. The average Bonchev–Trinajstić information content (AvgIpc) is 2.54. The number of hydrogen-bond acceptors (Lipinski definition) is 3. The van der Waals surface area contributed by atoms with Crippen molar-refractivity contribution in [2.75, 3.05) is 7.11 Å². The van der Waals surface area contributed by atoms with Gasteiger partial charge in [0.2, 0.25) is 0 Å². The molecule has 0 bridgehead atoms. The molecule has 0 saturated heterocycles. The van der Waals surface area contributed by atoms with Crippen molar-refractivity contribution in [3.8, 4) is 11.4 Å². The van der Waals surface area contributed by atoms with Crippen molar-refractivity contribution in [2.45, 2.75) is 0 Å². The van der Waals surface area contributed by atoms with Gasteiger partial charge in [0, 0.05) is 5.39 Å². The predicted molar refractivity (Wildman–Crippen MR) is 86.5 cm³/mol. The summed E-state index contributed by atoms with van der Waals surface area (Å²) in [5, 5.41) is 1.62. The van der Waals surface area contributed by atoms with Gasteiger partial charge in [0.1, 0.15) is 10.9 Å². The van der Waals surface area contributed by atoms with Crippen LogP contribution in [0.3, 0.4) is 0 Å². The molecule has 1 heterocycles. The molecule has 4 nitrogen and oxygen atoms in total. The molecule has 5 heteroatoms. The first kappa shape index (κ1) is 14.4. The Kier molecular flexibility index (Phi) is 3.69. The molecule has 0 aliphatic rings. The van der Waals surface area contributed by atoms with E-state index in [1.807, 2.05) is 12.1 Å². The molecule has 0 saturated carbocycles. The minimum atomic E-state index is -0.231. The largest absolute Gasteiger partial charge is 0.496 e. The Morgan fingerprint density at radius 3 is 2.64 bits per heavy atom. The van der Waals surface area contributed by atoms with Crippen LogP contribution in [-0.2, 0) is 0 Å². The standard InChI is InChI=1S/C17H12ClNO3/c1-22-15-7-6-13(8-12(15)10-20)19-16(18)9-11-4-2-3-5-14(11)17(19)21/h2-10H,1H3. The molecule has 22 heavy (non-hydrogen) atoms. The zero-order chi connectivity index (χ0) is 15.7. The molecule has 3 rings (SSSR count). The maximum atomic E-state index is 12.7. The van der Waals surface area contributed by atoms with Gasteiger partial charge in [0.05, 0.1) is 18.4 Å². The smallest absolute Gasteiger partial charge is 0.264 e. The summed E-state index contributed by atoms with van der Waals surface area (Å²) in [6.45, 7) is 0. The molecular weight excluding hydrogens is 302 g/mol. The monoisotopic (exact) mass is 313 g/mol.